The molecule has 10 heteroatoms. The van der Waals surface area contributed by atoms with Crippen molar-refractivity contribution in [3.05, 3.63) is 48.0 Å². The number of hydrogen-bond donors (Lipinski definition) is 3. The van der Waals surface area contributed by atoms with Crippen molar-refractivity contribution in [3.63, 3.8) is 0 Å². The summed E-state index contributed by atoms with van der Waals surface area (Å²) < 4.78 is 25.8. The van der Waals surface area contributed by atoms with Gasteiger partial charge in [0, 0.05) is 30.6 Å². The van der Waals surface area contributed by atoms with Gasteiger partial charge in [-0.05, 0) is 57.0 Å². The van der Waals surface area contributed by atoms with E-state index in [0.717, 1.165) is 5.56 Å². The topological polar surface area (TPSA) is 109 Å². The second kappa shape index (κ2) is 13.9. The molecule has 0 bridgehead atoms. The molecule has 2 aromatic carbocycles. The largest absolute Gasteiger partial charge is 0.494 e. The summed E-state index contributed by atoms with van der Waals surface area (Å²) in [5.41, 5.74) is 2.42. The number of para-hydroxylation sites is 1. The number of halogens is 1. The molecule has 39 heavy (non-hydrogen) atoms. The smallest absolute Gasteiger partial charge is 0.323 e. The van der Waals surface area contributed by atoms with Gasteiger partial charge in [-0.15, -0.1) is 0 Å². The van der Waals surface area contributed by atoms with Gasteiger partial charge < -0.3 is 25.4 Å². The van der Waals surface area contributed by atoms with Crippen LogP contribution in [0.15, 0.2) is 42.5 Å². The molecule has 3 rings (SSSR count). The van der Waals surface area contributed by atoms with Crippen molar-refractivity contribution in [2.24, 2.45) is 11.8 Å². The number of esters is 1. The van der Waals surface area contributed by atoms with Crippen molar-refractivity contribution in [3.8, 4) is 5.75 Å². The highest BCUT2D eigenvalue weighted by molar-refractivity contribution is 6.01. The van der Waals surface area contributed by atoms with Crippen molar-refractivity contribution in [2.75, 3.05) is 35.7 Å². The van der Waals surface area contributed by atoms with Gasteiger partial charge in [0.15, 0.2) is 6.23 Å². The average Bonchev–Trinajstić information content (AvgIpc) is 2.92. The third kappa shape index (κ3) is 7.47. The number of piperidine rings is 1. The zero-order valence-electron chi connectivity index (χ0n) is 23.3. The molecule has 0 aromatic heterocycles. The number of nitrogens with one attached hydrogen (secondary N) is 3. The first kappa shape index (κ1) is 29.9. The molecular formula is C29H39FN4O5. The van der Waals surface area contributed by atoms with Gasteiger partial charge in [0.1, 0.15) is 11.9 Å². The lowest BCUT2D eigenvalue weighted by Gasteiger charge is -2.34. The third-order valence-electron chi connectivity index (χ3n) is 7.04. The van der Waals surface area contributed by atoms with Crippen molar-refractivity contribution in [2.45, 2.75) is 59.4 Å². The number of amides is 3. The molecule has 1 heterocycles. The Morgan fingerprint density at radius 3 is 2.49 bits per heavy atom. The molecule has 3 amide bonds. The van der Waals surface area contributed by atoms with Crippen LogP contribution in [0.4, 0.5) is 26.2 Å². The van der Waals surface area contributed by atoms with Crippen LogP contribution in [0.1, 0.15) is 45.6 Å². The Morgan fingerprint density at radius 1 is 1.13 bits per heavy atom. The van der Waals surface area contributed by atoms with E-state index < -0.39 is 36.2 Å². The molecule has 1 saturated heterocycles. The maximum absolute atomic E-state index is 14.6. The summed E-state index contributed by atoms with van der Waals surface area (Å²) in [4.78, 5) is 40.1. The molecule has 0 saturated carbocycles. The standard InChI is InChI=1S/C29H39FN4O5/c1-6-21(22-14-15-31-17-23(22)30)28(36)39-19(4)34(27(35)7-2)20-12-13-25(26(16-20)38-5)33-29(37)32-24-11-9-8-10-18(24)3/h8-13,16,19,21-23,31H,6-7,14-15,17H2,1-5H3,(H2,32,33,37). The molecule has 1 aliphatic heterocycles. The Hall–Kier alpha value is -3.66. The van der Waals surface area contributed by atoms with E-state index in [9.17, 15) is 18.8 Å². The van der Waals surface area contributed by atoms with E-state index in [2.05, 4.69) is 16.0 Å². The minimum atomic E-state index is -1.13. The van der Waals surface area contributed by atoms with Crippen LogP contribution >= 0.6 is 0 Å². The summed E-state index contributed by atoms with van der Waals surface area (Å²) in [6.07, 6.45) is -0.916. The predicted octanol–water partition coefficient (Wildman–Crippen LogP) is 5.25. The van der Waals surface area contributed by atoms with Crippen molar-refractivity contribution in [1.29, 1.82) is 0 Å². The van der Waals surface area contributed by atoms with Gasteiger partial charge in [0.25, 0.3) is 0 Å². The average molecular weight is 543 g/mol. The Morgan fingerprint density at radius 2 is 1.85 bits per heavy atom. The number of nitrogens with zero attached hydrogens (tertiary/aromatic N) is 1. The number of benzene rings is 2. The van der Waals surface area contributed by atoms with Gasteiger partial charge in [-0.2, -0.15) is 0 Å². The van der Waals surface area contributed by atoms with Crippen LogP contribution in [-0.4, -0.2) is 50.5 Å². The minimum Gasteiger partial charge on any atom is -0.494 e. The van der Waals surface area contributed by atoms with E-state index in [4.69, 9.17) is 9.47 Å². The summed E-state index contributed by atoms with van der Waals surface area (Å²) in [5, 5.41) is 8.57. The second-order valence-corrected chi connectivity index (χ2v) is 9.62. The number of methoxy groups -OCH3 is 1. The van der Waals surface area contributed by atoms with Crippen LogP contribution in [0, 0.1) is 18.8 Å². The third-order valence-corrected chi connectivity index (χ3v) is 7.04. The van der Waals surface area contributed by atoms with Crippen LogP contribution in [0.2, 0.25) is 0 Å². The second-order valence-electron chi connectivity index (χ2n) is 9.62. The van der Waals surface area contributed by atoms with E-state index in [1.54, 1.807) is 38.1 Å². The Labute approximate surface area is 229 Å². The number of ether oxygens (including phenoxy) is 2. The number of hydrogen-bond acceptors (Lipinski definition) is 6. The molecule has 0 radical (unpaired) electrons. The van der Waals surface area contributed by atoms with Crippen LogP contribution < -0.4 is 25.6 Å². The van der Waals surface area contributed by atoms with Crippen LogP contribution in [-0.2, 0) is 14.3 Å². The Bertz CT molecular complexity index is 1160. The highest BCUT2D eigenvalue weighted by Crippen LogP contribution is 2.33. The summed E-state index contributed by atoms with van der Waals surface area (Å²) in [7, 11) is 1.46. The van der Waals surface area contributed by atoms with Crippen LogP contribution in [0.5, 0.6) is 5.75 Å². The first-order valence-electron chi connectivity index (χ1n) is 13.4. The van der Waals surface area contributed by atoms with Gasteiger partial charge in [-0.1, -0.05) is 32.0 Å². The molecule has 1 aliphatic rings. The monoisotopic (exact) mass is 542 g/mol. The Kier molecular flexibility index (Phi) is 10.7. The zero-order chi connectivity index (χ0) is 28.5. The normalized spacial score (nSPS) is 18.4. The van der Waals surface area contributed by atoms with E-state index >= 15 is 0 Å². The molecule has 1 fully saturated rings. The molecule has 9 nitrogen and oxygen atoms in total. The lowest BCUT2D eigenvalue weighted by Crippen LogP contribution is -2.46. The fraction of sp³-hybridized carbons (Fsp3) is 0.483. The molecule has 4 atom stereocenters. The molecule has 0 spiro atoms. The number of carbonyl (C=O) groups excluding carboxylic acids is 3. The van der Waals surface area contributed by atoms with E-state index in [0.29, 0.717) is 42.2 Å². The van der Waals surface area contributed by atoms with Gasteiger partial charge >= 0.3 is 12.0 Å². The molecular weight excluding hydrogens is 503 g/mol. The maximum Gasteiger partial charge on any atom is 0.323 e. The van der Waals surface area contributed by atoms with Gasteiger partial charge in [0.05, 0.1) is 24.4 Å². The predicted molar refractivity (Wildman–Crippen MR) is 150 cm³/mol. The summed E-state index contributed by atoms with van der Waals surface area (Å²) in [6, 6.07) is 11.8. The highest BCUT2D eigenvalue weighted by atomic mass is 19.1. The number of anilines is 3. The molecule has 3 N–H and O–H groups in total. The number of alkyl halides is 1. The number of rotatable bonds is 10. The van der Waals surface area contributed by atoms with Gasteiger partial charge in [-0.3, -0.25) is 14.5 Å². The number of carbonyl (C=O) groups is 3. The molecule has 4 unspecified atom stereocenters. The van der Waals surface area contributed by atoms with Crippen LogP contribution in [0.25, 0.3) is 0 Å². The molecule has 0 aliphatic carbocycles. The maximum atomic E-state index is 14.6. The molecule has 212 valence electrons. The van der Waals surface area contributed by atoms with Gasteiger partial charge in [-0.25, -0.2) is 9.18 Å². The first-order chi connectivity index (χ1) is 18.7. The lowest BCUT2D eigenvalue weighted by atomic mass is 9.82. The number of urea groups is 1. The quantitative estimate of drug-likeness (QED) is 0.279. The van der Waals surface area contributed by atoms with Gasteiger partial charge in [0.2, 0.25) is 5.91 Å². The number of aryl methyl sites for hydroxylation is 1. The minimum absolute atomic E-state index is 0.168. The van der Waals surface area contributed by atoms with E-state index in [-0.39, 0.29) is 18.9 Å². The summed E-state index contributed by atoms with van der Waals surface area (Å²) >= 11 is 0. The van der Waals surface area contributed by atoms with Crippen LogP contribution in [0.3, 0.4) is 0 Å². The highest BCUT2D eigenvalue weighted by Gasteiger charge is 2.37. The fourth-order valence-corrected chi connectivity index (χ4v) is 4.90. The lowest BCUT2D eigenvalue weighted by molar-refractivity contribution is -0.157. The molecule has 2 aromatic rings. The van der Waals surface area contributed by atoms with E-state index in [1.165, 1.54) is 12.0 Å². The SMILES string of the molecule is CCC(=O)N(c1ccc(NC(=O)Nc2ccccc2C)c(OC)c1)C(C)OC(=O)C(CC)C1CCNCC1F. The fourth-order valence-electron chi connectivity index (χ4n) is 4.90. The zero-order valence-corrected chi connectivity index (χ0v) is 23.3. The van der Waals surface area contributed by atoms with Crippen molar-refractivity contribution >= 4 is 35.0 Å². The Balaban J connectivity index is 1.78. The van der Waals surface area contributed by atoms with E-state index in [1.807, 2.05) is 32.0 Å². The summed E-state index contributed by atoms with van der Waals surface area (Å²) in [6.45, 7) is 7.92. The van der Waals surface area contributed by atoms with Crippen molar-refractivity contribution < 1.29 is 28.2 Å². The van der Waals surface area contributed by atoms with Crippen molar-refractivity contribution in [1.82, 2.24) is 5.32 Å². The summed E-state index contributed by atoms with van der Waals surface area (Å²) in [5.74, 6) is -1.50. The first-order valence-corrected chi connectivity index (χ1v) is 13.4.